The number of hydrogen-bond donors (Lipinski definition) is 2. The first-order valence-electron chi connectivity index (χ1n) is 13.8. The predicted molar refractivity (Wildman–Crippen MR) is 164 cm³/mol. The quantitative estimate of drug-likeness (QED) is 0.347. The van der Waals surface area contributed by atoms with Gasteiger partial charge in [0.15, 0.2) is 16.6 Å². The van der Waals surface area contributed by atoms with Crippen LogP contribution in [0.3, 0.4) is 0 Å². The van der Waals surface area contributed by atoms with E-state index in [2.05, 4.69) is 93.2 Å². The number of methoxy groups -OCH3 is 2. The fraction of sp³-hybridized carbons (Fsp3) is 0.406. The molecular formula is C32H40N4O2S. The number of hydrogen-bond acceptors (Lipinski definition) is 5. The molecule has 0 spiro atoms. The van der Waals surface area contributed by atoms with Crippen LogP contribution in [0.4, 0.5) is 11.4 Å². The number of benzene rings is 3. The molecule has 0 amide bonds. The smallest absolute Gasteiger partial charge is 0.170 e. The summed E-state index contributed by atoms with van der Waals surface area (Å²) in [6.45, 7) is 2.02. The van der Waals surface area contributed by atoms with Crippen molar-refractivity contribution in [1.29, 1.82) is 0 Å². The Morgan fingerprint density at radius 1 is 0.974 bits per heavy atom. The fourth-order valence-corrected chi connectivity index (χ4v) is 6.75. The standard InChI is InChI=1S/C32H40N4O2S/c1-35(2)27-13-11-25(12-14-27)33-31(39)34-26-16-17-32(24-10-15-28(37-3)29(20-24)38-4)18-19-36(30(32)21-26)22-23-8-6-5-7-9-23/h5-15,20,26,30H,16-19,21-22H2,1-4H3,(H2,33,34,39). The highest BCUT2D eigenvalue weighted by molar-refractivity contribution is 7.80. The minimum atomic E-state index is 0.0730. The summed E-state index contributed by atoms with van der Waals surface area (Å²) < 4.78 is 11.3. The van der Waals surface area contributed by atoms with Gasteiger partial charge in [-0.05, 0) is 92.0 Å². The number of nitrogens with zero attached hydrogens (tertiary/aromatic N) is 2. The summed E-state index contributed by atoms with van der Waals surface area (Å²) in [6.07, 6.45) is 4.32. The summed E-state index contributed by atoms with van der Waals surface area (Å²) in [7, 11) is 7.50. The first-order valence-corrected chi connectivity index (χ1v) is 14.2. The van der Waals surface area contributed by atoms with E-state index in [0.29, 0.717) is 17.2 Å². The second-order valence-corrected chi connectivity index (χ2v) is 11.4. The molecule has 5 rings (SSSR count). The topological polar surface area (TPSA) is 49.0 Å². The molecule has 206 valence electrons. The molecule has 39 heavy (non-hydrogen) atoms. The maximum absolute atomic E-state index is 5.76. The lowest BCUT2D eigenvalue weighted by Crippen LogP contribution is -2.52. The molecule has 6 nitrogen and oxygen atoms in total. The van der Waals surface area contributed by atoms with Crippen LogP contribution in [0.5, 0.6) is 11.5 Å². The predicted octanol–water partition coefficient (Wildman–Crippen LogP) is 5.82. The molecule has 7 heteroatoms. The minimum absolute atomic E-state index is 0.0730. The van der Waals surface area contributed by atoms with Gasteiger partial charge in [-0.15, -0.1) is 0 Å². The summed E-state index contributed by atoms with van der Waals surface area (Å²) in [4.78, 5) is 4.77. The number of rotatable bonds is 8. The van der Waals surface area contributed by atoms with Gasteiger partial charge in [-0.3, -0.25) is 4.90 Å². The van der Waals surface area contributed by atoms with Crippen molar-refractivity contribution in [3.63, 3.8) is 0 Å². The molecule has 3 unspecified atom stereocenters. The molecule has 1 aliphatic heterocycles. The number of thiocarbonyl (C=S) groups is 1. The van der Waals surface area contributed by atoms with Crippen LogP contribution in [0.2, 0.25) is 0 Å². The van der Waals surface area contributed by atoms with Crippen molar-refractivity contribution >= 4 is 28.7 Å². The Hall–Kier alpha value is -3.29. The minimum Gasteiger partial charge on any atom is -0.493 e. The third-order valence-corrected chi connectivity index (χ3v) is 8.75. The lowest BCUT2D eigenvalue weighted by atomic mass is 9.65. The Morgan fingerprint density at radius 2 is 1.72 bits per heavy atom. The average Bonchev–Trinajstić information content (AvgIpc) is 3.32. The van der Waals surface area contributed by atoms with Gasteiger partial charge >= 0.3 is 0 Å². The van der Waals surface area contributed by atoms with Crippen LogP contribution < -0.4 is 25.0 Å². The molecule has 0 aromatic heterocycles. The zero-order valence-electron chi connectivity index (χ0n) is 23.4. The number of fused-ring (bicyclic) bond motifs is 1. The van der Waals surface area contributed by atoms with Crippen molar-refractivity contribution in [1.82, 2.24) is 10.2 Å². The SMILES string of the molecule is COc1ccc(C23CCC(NC(=S)Nc4ccc(N(C)C)cc4)CC2N(Cc2ccccc2)CC3)cc1OC. The number of ether oxygens (including phenoxy) is 2. The summed E-state index contributed by atoms with van der Waals surface area (Å²) in [5.74, 6) is 1.58. The van der Waals surface area contributed by atoms with Crippen LogP contribution >= 0.6 is 12.2 Å². The van der Waals surface area contributed by atoms with Crippen molar-refractivity contribution in [3.05, 3.63) is 83.9 Å². The van der Waals surface area contributed by atoms with Gasteiger partial charge in [-0.1, -0.05) is 36.4 Å². The first-order chi connectivity index (χ1) is 18.9. The first kappa shape index (κ1) is 27.3. The third-order valence-electron chi connectivity index (χ3n) is 8.53. The molecule has 2 aliphatic rings. The Bertz CT molecular complexity index is 1270. The third kappa shape index (κ3) is 5.85. The molecule has 1 aliphatic carbocycles. The largest absolute Gasteiger partial charge is 0.493 e. The van der Waals surface area contributed by atoms with Gasteiger partial charge in [0.2, 0.25) is 0 Å². The van der Waals surface area contributed by atoms with Crippen molar-refractivity contribution in [2.24, 2.45) is 0 Å². The molecule has 0 bridgehead atoms. The van der Waals surface area contributed by atoms with E-state index in [0.717, 1.165) is 61.6 Å². The summed E-state index contributed by atoms with van der Waals surface area (Å²) >= 11 is 5.76. The normalized spacial score (nSPS) is 22.6. The molecule has 2 N–H and O–H groups in total. The summed E-state index contributed by atoms with van der Waals surface area (Å²) in [5.41, 5.74) is 4.94. The molecule has 1 heterocycles. The van der Waals surface area contributed by atoms with Crippen LogP contribution in [0.25, 0.3) is 0 Å². The number of anilines is 2. The monoisotopic (exact) mass is 544 g/mol. The maximum atomic E-state index is 5.76. The average molecular weight is 545 g/mol. The molecule has 0 radical (unpaired) electrons. The Kier molecular flexibility index (Phi) is 8.29. The molecular weight excluding hydrogens is 504 g/mol. The lowest BCUT2D eigenvalue weighted by Gasteiger charge is -2.46. The molecule has 2 fully saturated rings. The Morgan fingerprint density at radius 3 is 2.41 bits per heavy atom. The van der Waals surface area contributed by atoms with Crippen LogP contribution in [0.15, 0.2) is 72.8 Å². The van der Waals surface area contributed by atoms with Crippen molar-refractivity contribution in [3.8, 4) is 11.5 Å². The van der Waals surface area contributed by atoms with E-state index in [4.69, 9.17) is 21.7 Å². The number of nitrogens with one attached hydrogen (secondary N) is 2. The zero-order chi connectivity index (χ0) is 27.4. The van der Waals surface area contributed by atoms with Gasteiger partial charge in [0.25, 0.3) is 0 Å². The van der Waals surface area contributed by atoms with Gasteiger partial charge in [-0.2, -0.15) is 0 Å². The highest BCUT2D eigenvalue weighted by atomic mass is 32.1. The van der Waals surface area contributed by atoms with Crippen molar-refractivity contribution < 1.29 is 9.47 Å². The van der Waals surface area contributed by atoms with Crippen LogP contribution in [-0.4, -0.2) is 57.0 Å². The van der Waals surface area contributed by atoms with Crippen molar-refractivity contribution in [2.45, 2.75) is 49.7 Å². The van der Waals surface area contributed by atoms with Crippen molar-refractivity contribution in [2.75, 3.05) is 45.1 Å². The molecule has 1 saturated carbocycles. The Labute approximate surface area is 238 Å². The molecule has 3 atom stereocenters. The van der Waals surface area contributed by atoms with Gasteiger partial charge in [0.1, 0.15) is 0 Å². The van der Waals surface area contributed by atoms with Gasteiger partial charge in [-0.25, -0.2) is 0 Å². The fourth-order valence-electron chi connectivity index (χ4n) is 6.46. The molecule has 1 saturated heterocycles. The maximum Gasteiger partial charge on any atom is 0.170 e. The van der Waals surface area contributed by atoms with Gasteiger partial charge in [0, 0.05) is 49.5 Å². The lowest BCUT2D eigenvalue weighted by molar-refractivity contribution is 0.134. The Balaban J connectivity index is 1.35. The van der Waals surface area contributed by atoms with Gasteiger partial charge in [0.05, 0.1) is 14.2 Å². The van der Waals surface area contributed by atoms with E-state index in [1.54, 1.807) is 14.2 Å². The zero-order valence-corrected chi connectivity index (χ0v) is 24.3. The van der Waals surface area contributed by atoms with E-state index in [1.807, 2.05) is 14.1 Å². The molecule has 3 aromatic carbocycles. The van der Waals surface area contributed by atoms with E-state index in [1.165, 1.54) is 11.1 Å². The second kappa shape index (κ2) is 11.8. The van der Waals surface area contributed by atoms with Crippen LogP contribution in [0, 0.1) is 0 Å². The molecule has 3 aromatic rings. The summed E-state index contributed by atoms with van der Waals surface area (Å²) in [6, 6.07) is 26.4. The van der Waals surface area contributed by atoms with Gasteiger partial charge < -0.3 is 25.0 Å². The summed E-state index contributed by atoms with van der Waals surface area (Å²) in [5, 5.41) is 7.73. The van der Waals surface area contributed by atoms with Crippen LogP contribution in [0.1, 0.15) is 36.8 Å². The van der Waals surface area contributed by atoms with Crippen LogP contribution in [-0.2, 0) is 12.0 Å². The number of likely N-dealkylation sites (tertiary alicyclic amines) is 1. The highest BCUT2D eigenvalue weighted by Crippen LogP contribution is 2.50. The van der Waals surface area contributed by atoms with E-state index >= 15 is 0 Å². The van der Waals surface area contributed by atoms with E-state index in [-0.39, 0.29) is 5.41 Å². The second-order valence-electron chi connectivity index (χ2n) is 11.0. The van der Waals surface area contributed by atoms with E-state index in [9.17, 15) is 0 Å². The van der Waals surface area contributed by atoms with E-state index < -0.39 is 0 Å². The highest BCUT2D eigenvalue weighted by Gasteiger charge is 2.51.